The highest BCUT2D eigenvalue weighted by molar-refractivity contribution is 5.94. The number of hydrogen-bond donors (Lipinski definition) is 1. The second kappa shape index (κ2) is 11.7. The van der Waals surface area contributed by atoms with Crippen LogP contribution in [0, 0.1) is 5.92 Å². The number of carbonyl (C=O) groups excluding carboxylic acids is 1. The maximum atomic E-state index is 12.6. The molecule has 1 aromatic carbocycles. The molecule has 0 radical (unpaired) electrons. The molecule has 1 aliphatic heterocycles. The van der Waals surface area contributed by atoms with Crippen molar-refractivity contribution in [1.29, 1.82) is 0 Å². The Morgan fingerprint density at radius 3 is 2.44 bits per heavy atom. The topological polar surface area (TPSA) is 35.6 Å². The lowest BCUT2D eigenvalue weighted by molar-refractivity contribution is 0.0787. The first-order chi connectivity index (χ1) is 11.0. The van der Waals surface area contributed by atoms with E-state index in [1.54, 1.807) is 0 Å². The molecule has 0 bridgehead atoms. The molecule has 1 aliphatic rings. The Bertz CT molecular complexity index is 508. The van der Waals surface area contributed by atoms with Gasteiger partial charge < -0.3 is 10.2 Å². The molecule has 4 nitrogen and oxygen atoms in total. The molecular weight excluding hydrogens is 357 g/mol. The summed E-state index contributed by atoms with van der Waals surface area (Å²) >= 11 is 0. The largest absolute Gasteiger partial charge is 0.338 e. The van der Waals surface area contributed by atoms with E-state index in [9.17, 15) is 4.79 Å². The van der Waals surface area contributed by atoms with Crippen molar-refractivity contribution in [3.05, 3.63) is 35.4 Å². The Balaban J connectivity index is 0.00000288. The van der Waals surface area contributed by atoms with Gasteiger partial charge >= 0.3 is 0 Å². The summed E-state index contributed by atoms with van der Waals surface area (Å²) in [6.45, 7) is 11.3. The number of halogens is 2. The lowest BCUT2D eigenvalue weighted by Crippen LogP contribution is -2.31. The van der Waals surface area contributed by atoms with Gasteiger partial charge in [0.25, 0.3) is 5.91 Å². The predicted octanol–water partition coefficient (Wildman–Crippen LogP) is 3.44. The Labute approximate surface area is 165 Å². The molecule has 2 rings (SSSR count). The van der Waals surface area contributed by atoms with E-state index in [4.69, 9.17) is 0 Å². The van der Waals surface area contributed by atoms with Crippen LogP contribution < -0.4 is 5.32 Å². The number of benzene rings is 1. The van der Waals surface area contributed by atoms with Gasteiger partial charge in [0.2, 0.25) is 0 Å². The van der Waals surface area contributed by atoms with Crippen molar-refractivity contribution in [2.75, 3.05) is 33.2 Å². The van der Waals surface area contributed by atoms with Gasteiger partial charge in [-0.3, -0.25) is 9.69 Å². The minimum atomic E-state index is 0. The Hall–Kier alpha value is -0.810. The molecule has 0 spiro atoms. The Morgan fingerprint density at radius 1 is 1.28 bits per heavy atom. The molecule has 25 heavy (non-hydrogen) atoms. The number of rotatable bonds is 7. The predicted molar refractivity (Wildman–Crippen MR) is 110 cm³/mol. The third-order valence-electron chi connectivity index (χ3n) is 4.79. The fourth-order valence-corrected chi connectivity index (χ4v) is 3.30. The number of nitrogens with one attached hydrogen (secondary N) is 1. The van der Waals surface area contributed by atoms with Crippen molar-refractivity contribution in [3.63, 3.8) is 0 Å². The third kappa shape index (κ3) is 6.78. The minimum Gasteiger partial charge on any atom is -0.338 e. The van der Waals surface area contributed by atoms with Crippen LogP contribution in [0.3, 0.4) is 0 Å². The van der Waals surface area contributed by atoms with E-state index in [0.717, 1.165) is 44.7 Å². The van der Waals surface area contributed by atoms with Crippen LogP contribution in [-0.2, 0) is 6.54 Å². The molecule has 6 heteroatoms. The van der Waals surface area contributed by atoms with Crippen LogP contribution in [0.1, 0.15) is 43.1 Å². The SMILES string of the molecule is CCN(Cc1ccc(C(=O)N2CCC(CNC)C2)cc1)C(C)C.Cl.Cl. The first-order valence-corrected chi connectivity index (χ1v) is 8.82. The highest BCUT2D eigenvalue weighted by Crippen LogP contribution is 2.19. The maximum absolute atomic E-state index is 12.6. The van der Waals surface area contributed by atoms with Gasteiger partial charge in [0.15, 0.2) is 0 Å². The van der Waals surface area contributed by atoms with Gasteiger partial charge in [0.1, 0.15) is 0 Å². The fraction of sp³-hybridized carbons (Fsp3) is 0.632. The zero-order valence-electron chi connectivity index (χ0n) is 15.8. The third-order valence-corrected chi connectivity index (χ3v) is 4.79. The van der Waals surface area contributed by atoms with Crippen LogP contribution in [0.15, 0.2) is 24.3 Å². The average Bonchev–Trinajstić information content (AvgIpc) is 3.01. The van der Waals surface area contributed by atoms with Crippen molar-refractivity contribution in [2.45, 2.75) is 39.8 Å². The smallest absolute Gasteiger partial charge is 0.253 e. The summed E-state index contributed by atoms with van der Waals surface area (Å²) in [5, 5.41) is 3.21. The van der Waals surface area contributed by atoms with E-state index in [2.05, 4.69) is 43.1 Å². The van der Waals surface area contributed by atoms with E-state index in [1.807, 2.05) is 24.1 Å². The van der Waals surface area contributed by atoms with Crippen molar-refractivity contribution in [2.24, 2.45) is 5.92 Å². The first-order valence-electron chi connectivity index (χ1n) is 8.82. The minimum absolute atomic E-state index is 0. The van der Waals surface area contributed by atoms with Crippen LogP contribution in [0.5, 0.6) is 0 Å². The van der Waals surface area contributed by atoms with E-state index in [1.165, 1.54) is 5.56 Å². The average molecular weight is 390 g/mol. The van der Waals surface area contributed by atoms with E-state index < -0.39 is 0 Å². The van der Waals surface area contributed by atoms with Crippen LogP contribution >= 0.6 is 24.8 Å². The van der Waals surface area contributed by atoms with Crippen molar-refractivity contribution in [1.82, 2.24) is 15.1 Å². The second-order valence-corrected chi connectivity index (χ2v) is 6.82. The molecule has 1 atom stereocenters. The van der Waals surface area contributed by atoms with Crippen LogP contribution in [0.2, 0.25) is 0 Å². The van der Waals surface area contributed by atoms with E-state index in [-0.39, 0.29) is 30.7 Å². The van der Waals surface area contributed by atoms with Gasteiger partial charge in [-0.1, -0.05) is 19.1 Å². The van der Waals surface area contributed by atoms with Gasteiger partial charge in [0.05, 0.1) is 0 Å². The molecule has 1 fully saturated rings. The zero-order valence-corrected chi connectivity index (χ0v) is 17.5. The van der Waals surface area contributed by atoms with Crippen LogP contribution in [0.25, 0.3) is 0 Å². The number of hydrogen-bond acceptors (Lipinski definition) is 3. The summed E-state index contributed by atoms with van der Waals surface area (Å²) in [4.78, 5) is 17.0. The Morgan fingerprint density at radius 2 is 1.92 bits per heavy atom. The number of amides is 1. The van der Waals surface area contributed by atoms with Gasteiger partial charge in [-0.15, -0.1) is 24.8 Å². The lowest BCUT2D eigenvalue weighted by atomic mass is 10.1. The molecule has 144 valence electrons. The molecule has 1 aromatic rings. The summed E-state index contributed by atoms with van der Waals surface area (Å²) in [6, 6.07) is 8.70. The molecule has 0 aromatic heterocycles. The summed E-state index contributed by atoms with van der Waals surface area (Å²) in [7, 11) is 1.97. The monoisotopic (exact) mass is 389 g/mol. The molecular formula is C19H33Cl2N3O. The van der Waals surface area contributed by atoms with Crippen molar-refractivity contribution < 1.29 is 4.79 Å². The first kappa shape index (κ1) is 24.2. The summed E-state index contributed by atoms with van der Waals surface area (Å²) in [6.07, 6.45) is 1.10. The van der Waals surface area contributed by atoms with E-state index >= 15 is 0 Å². The number of carbonyl (C=O) groups is 1. The van der Waals surface area contributed by atoms with Gasteiger partial charge in [0, 0.05) is 31.2 Å². The standard InChI is InChI=1S/C19H31N3O.2ClH/c1-5-21(15(2)3)13-16-6-8-18(9-7-16)19(23)22-11-10-17(14-22)12-20-4;;/h6-9,15,17,20H,5,10-14H2,1-4H3;2*1H. The number of likely N-dealkylation sites (tertiary alicyclic amines) is 1. The van der Waals surface area contributed by atoms with Crippen LogP contribution in [0.4, 0.5) is 0 Å². The summed E-state index contributed by atoms with van der Waals surface area (Å²) in [5.74, 6) is 0.763. The van der Waals surface area contributed by atoms with E-state index in [0.29, 0.717) is 12.0 Å². The normalized spacial score (nSPS) is 16.7. The lowest BCUT2D eigenvalue weighted by Gasteiger charge is -2.24. The summed E-state index contributed by atoms with van der Waals surface area (Å²) in [5.41, 5.74) is 2.08. The molecule has 1 heterocycles. The Kier molecular flexibility index (Phi) is 11.4. The molecule has 0 saturated carbocycles. The molecule has 0 aliphatic carbocycles. The van der Waals surface area contributed by atoms with Crippen LogP contribution in [-0.4, -0.2) is 55.0 Å². The zero-order chi connectivity index (χ0) is 16.8. The molecule has 1 saturated heterocycles. The summed E-state index contributed by atoms with van der Waals surface area (Å²) < 4.78 is 0. The van der Waals surface area contributed by atoms with Crippen molar-refractivity contribution in [3.8, 4) is 0 Å². The number of nitrogens with zero attached hydrogens (tertiary/aromatic N) is 2. The quantitative estimate of drug-likeness (QED) is 0.775. The maximum Gasteiger partial charge on any atom is 0.253 e. The highest BCUT2D eigenvalue weighted by Gasteiger charge is 2.26. The van der Waals surface area contributed by atoms with Gasteiger partial charge in [-0.25, -0.2) is 0 Å². The fourth-order valence-electron chi connectivity index (χ4n) is 3.30. The highest BCUT2D eigenvalue weighted by atomic mass is 35.5. The van der Waals surface area contributed by atoms with Gasteiger partial charge in [-0.2, -0.15) is 0 Å². The van der Waals surface area contributed by atoms with Crippen molar-refractivity contribution >= 4 is 30.7 Å². The van der Waals surface area contributed by atoms with Gasteiger partial charge in [-0.05, 0) is 64.0 Å². The molecule has 1 N–H and O–H groups in total. The molecule has 1 amide bonds. The molecule has 1 unspecified atom stereocenters. The second-order valence-electron chi connectivity index (χ2n) is 6.82.